The first-order chi connectivity index (χ1) is 23.5. The number of aliphatic carboxylic acids is 1. The summed E-state index contributed by atoms with van der Waals surface area (Å²) < 4.78 is 13.2. The molecule has 11 nitrogen and oxygen atoms in total. The van der Waals surface area contributed by atoms with Gasteiger partial charge in [0.1, 0.15) is 29.0 Å². The number of unbranched alkanes of at least 4 members (excludes halogenated alkanes) is 1. The second-order valence-corrected chi connectivity index (χ2v) is 13.2. The van der Waals surface area contributed by atoms with Crippen molar-refractivity contribution in [2.24, 2.45) is 0 Å². The average molecular weight is 777 g/mol. The van der Waals surface area contributed by atoms with E-state index in [-0.39, 0.29) is 46.5 Å². The van der Waals surface area contributed by atoms with Gasteiger partial charge in [0.2, 0.25) is 5.91 Å². The fourth-order valence-electron chi connectivity index (χ4n) is 6.24. The second-order valence-electron chi connectivity index (χ2n) is 12.0. The molecule has 0 bridgehead atoms. The van der Waals surface area contributed by atoms with Crippen LogP contribution in [-0.4, -0.2) is 51.7 Å². The van der Waals surface area contributed by atoms with Crippen LogP contribution >= 0.6 is 22.6 Å². The minimum atomic E-state index is -1.48. The molecule has 6 rings (SSSR count). The van der Waals surface area contributed by atoms with Crippen LogP contribution in [0.1, 0.15) is 75.1 Å². The van der Waals surface area contributed by atoms with Crippen LogP contribution in [0, 0.1) is 3.57 Å². The van der Waals surface area contributed by atoms with E-state index in [0.29, 0.717) is 42.5 Å². The Balaban J connectivity index is 1.08. The number of rotatable bonds is 12. The Morgan fingerprint density at radius 2 is 1.47 bits per heavy atom. The number of nitrogens with one attached hydrogen (secondary N) is 2. The predicted molar refractivity (Wildman–Crippen MR) is 186 cm³/mol. The van der Waals surface area contributed by atoms with Crippen molar-refractivity contribution in [1.29, 1.82) is 0 Å². The van der Waals surface area contributed by atoms with Crippen molar-refractivity contribution in [2.75, 3.05) is 6.54 Å². The van der Waals surface area contributed by atoms with Crippen LogP contribution in [0.25, 0.3) is 0 Å². The highest BCUT2D eigenvalue weighted by Crippen LogP contribution is 2.57. The highest BCUT2D eigenvalue weighted by molar-refractivity contribution is 14.1. The third-order valence-electron chi connectivity index (χ3n) is 8.66. The first kappa shape index (κ1) is 33.8. The van der Waals surface area contributed by atoms with Crippen molar-refractivity contribution in [3.05, 3.63) is 116 Å². The summed E-state index contributed by atoms with van der Waals surface area (Å²) in [6.07, 6.45) is 3.07. The number of carbonyl (C=O) groups is 4. The molecule has 4 aromatic carbocycles. The number of benzene rings is 4. The van der Waals surface area contributed by atoms with E-state index in [1.54, 1.807) is 18.2 Å². The quantitative estimate of drug-likeness (QED) is 0.0682. The number of carbonyl (C=O) groups excluding carboxylic acids is 3. The van der Waals surface area contributed by atoms with Gasteiger partial charge in [-0.1, -0.05) is 18.2 Å². The average Bonchev–Trinajstić information content (AvgIpc) is 3.36. The minimum absolute atomic E-state index is 0.0606. The zero-order valence-electron chi connectivity index (χ0n) is 26.2. The van der Waals surface area contributed by atoms with Gasteiger partial charge in [0.25, 0.3) is 5.91 Å². The van der Waals surface area contributed by atoms with Gasteiger partial charge in [-0.15, -0.1) is 0 Å². The van der Waals surface area contributed by atoms with Gasteiger partial charge >= 0.3 is 11.9 Å². The number of carboxylic acid groups (broad SMARTS) is 1. The maximum Gasteiger partial charge on any atom is 0.340 e. The Morgan fingerprint density at radius 3 is 2.12 bits per heavy atom. The number of ether oxygens (including phenoxy) is 2. The molecule has 2 heterocycles. The Hall–Kier alpha value is -5.11. The van der Waals surface area contributed by atoms with E-state index in [1.807, 2.05) is 12.1 Å². The van der Waals surface area contributed by atoms with Crippen molar-refractivity contribution in [2.45, 2.75) is 50.2 Å². The number of hydrogen-bond donors (Lipinski definition) is 5. The number of aromatic hydroxyl groups is 2. The zero-order valence-corrected chi connectivity index (χ0v) is 28.4. The first-order valence-electron chi connectivity index (χ1n) is 15.8. The molecule has 2 aliphatic heterocycles. The molecule has 4 aromatic rings. The van der Waals surface area contributed by atoms with Crippen molar-refractivity contribution < 1.29 is 44.0 Å². The summed E-state index contributed by atoms with van der Waals surface area (Å²) in [5.41, 5.74) is 1.18. The van der Waals surface area contributed by atoms with Crippen LogP contribution < -0.4 is 15.4 Å². The Kier molecular flexibility index (Phi) is 9.77. The molecular weight excluding hydrogens is 743 g/mol. The number of esters is 1. The molecule has 1 spiro atoms. The number of carboxylic acids is 1. The monoisotopic (exact) mass is 776 g/mol. The number of amides is 2. The van der Waals surface area contributed by atoms with Crippen LogP contribution in [0.15, 0.2) is 78.9 Å². The molecule has 2 amide bonds. The summed E-state index contributed by atoms with van der Waals surface area (Å²) in [5.74, 6) is -2.34. The predicted octanol–water partition coefficient (Wildman–Crippen LogP) is 5.76. The molecule has 5 N–H and O–H groups in total. The third kappa shape index (κ3) is 7.05. The number of halogens is 1. The number of phenolic OH excluding ortho intramolecular Hbond substituents is 2. The van der Waals surface area contributed by atoms with E-state index in [2.05, 4.69) is 45.4 Å². The summed E-state index contributed by atoms with van der Waals surface area (Å²) in [6, 6.07) is 20.2. The van der Waals surface area contributed by atoms with E-state index in [9.17, 15) is 34.5 Å². The van der Waals surface area contributed by atoms with Crippen molar-refractivity contribution >= 4 is 46.3 Å². The fraction of sp³-hybridized carbons (Fsp3) is 0.243. The SMILES string of the molecule is O=C(CCCc1ccc(I)cc1)NCCCCC(NC(=O)c1ccc2c(c1)C(=O)OC21c2ccc(O)cc2Oc2cc(O)ccc21)C(=O)O. The van der Waals surface area contributed by atoms with Gasteiger partial charge in [0.05, 0.1) is 5.56 Å². The lowest BCUT2D eigenvalue weighted by Crippen LogP contribution is -2.41. The number of hydrogen-bond acceptors (Lipinski definition) is 8. The number of aryl methyl sites for hydroxylation is 1. The second kappa shape index (κ2) is 14.2. The molecule has 2 aliphatic rings. The largest absolute Gasteiger partial charge is 0.508 e. The minimum Gasteiger partial charge on any atom is -0.508 e. The van der Waals surface area contributed by atoms with Gasteiger partial charge in [-0.05, 0) is 109 Å². The lowest BCUT2D eigenvalue weighted by atomic mass is 9.77. The molecular formula is C37H33IN2O9. The molecule has 49 heavy (non-hydrogen) atoms. The van der Waals surface area contributed by atoms with Crippen LogP contribution in [-0.2, 0) is 26.3 Å². The summed E-state index contributed by atoms with van der Waals surface area (Å²) in [6.45, 7) is 0.397. The lowest BCUT2D eigenvalue weighted by molar-refractivity contribution is -0.139. The number of fused-ring (bicyclic) bond motifs is 6. The van der Waals surface area contributed by atoms with Gasteiger partial charge in [0, 0.05) is 50.9 Å². The van der Waals surface area contributed by atoms with Crippen LogP contribution in [0.2, 0.25) is 0 Å². The maximum atomic E-state index is 13.4. The summed E-state index contributed by atoms with van der Waals surface area (Å²) >= 11 is 2.25. The molecule has 0 fully saturated rings. The molecule has 0 radical (unpaired) electrons. The molecule has 12 heteroatoms. The van der Waals surface area contributed by atoms with Gasteiger partial charge in [-0.3, -0.25) is 9.59 Å². The van der Waals surface area contributed by atoms with E-state index >= 15 is 0 Å². The molecule has 252 valence electrons. The van der Waals surface area contributed by atoms with E-state index in [1.165, 1.54) is 42.0 Å². The fourth-order valence-corrected chi connectivity index (χ4v) is 6.60. The molecule has 0 saturated heterocycles. The van der Waals surface area contributed by atoms with Gasteiger partial charge in [-0.2, -0.15) is 0 Å². The lowest BCUT2D eigenvalue weighted by Gasteiger charge is -2.36. The van der Waals surface area contributed by atoms with Crippen molar-refractivity contribution in [3.63, 3.8) is 0 Å². The molecule has 0 saturated carbocycles. The highest BCUT2D eigenvalue weighted by Gasteiger charge is 2.53. The van der Waals surface area contributed by atoms with Gasteiger partial charge < -0.3 is 35.4 Å². The molecule has 0 aromatic heterocycles. The van der Waals surface area contributed by atoms with Crippen molar-refractivity contribution in [3.8, 4) is 23.0 Å². The Bertz CT molecular complexity index is 1890. The zero-order chi connectivity index (χ0) is 34.7. The van der Waals surface area contributed by atoms with Gasteiger partial charge in [-0.25, -0.2) is 9.59 Å². The summed E-state index contributed by atoms with van der Waals surface area (Å²) in [7, 11) is 0. The summed E-state index contributed by atoms with van der Waals surface area (Å²) in [4.78, 5) is 50.8. The van der Waals surface area contributed by atoms with Crippen LogP contribution in [0.5, 0.6) is 23.0 Å². The maximum absolute atomic E-state index is 13.4. The van der Waals surface area contributed by atoms with Crippen molar-refractivity contribution in [1.82, 2.24) is 10.6 Å². The molecule has 0 aliphatic carbocycles. The Morgan fingerprint density at radius 1 is 0.816 bits per heavy atom. The van der Waals surface area contributed by atoms with E-state index in [0.717, 1.165) is 16.4 Å². The highest BCUT2D eigenvalue weighted by atomic mass is 127. The smallest absolute Gasteiger partial charge is 0.340 e. The normalized spacial score (nSPS) is 14.1. The Labute approximate surface area is 295 Å². The van der Waals surface area contributed by atoms with Crippen LogP contribution in [0.4, 0.5) is 0 Å². The third-order valence-corrected chi connectivity index (χ3v) is 9.38. The first-order valence-corrected chi connectivity index (χ1v) is 16.9. The van der Waals surface area contributed by atoms with Crippen LogP contribution in [0.3, 0.4) is 0 Å². The summed E-state index contributed by atoms with van der Waals surface area (Å²) in [5, 5.41) is 35.4. The van der Waals surface area contributed by atoms with Gasteiger partial charge in [0.15, 0.2) is 5.60 Å². The molecule has 1 unspecified atom stereocenters. The van der Waals surface area contributed by atoms with E-state index in [4.69, 9.17) is 9.47 Å². The molecule has 1 atom stereocenters. The number of phenols is 2. The van der Waals surface area contributed by atoms with E-state index < -0.39 is 29.5 Å². The topological polar surface area (TPSA) is 171 Å². The standard InChI is InChI=1S/C37H33IN2O9/c38-23-10-7-21(8-11-23)4-3-6-33(43)39-17-2-1-5-30(35(45)46)40-34(44)22-9-14-27-26(18-22)36(47)49-37(27)28-15-12-24(41)19-31(28)48-32-20-25(42)13-16-29(32)37/h7-16,18-20,30,41-42H,1-6,17H2,(H,39,43)(H,40,44)(H,45,46).